The molecule has 7 heteroatoms. The zero-order valence-electron chi connectivity index (χ0n) is 11.0. The van der Waals surface area contributed by atoms with Gasteiger partial charge in [-0.2, -0.15) is 0 Å². The zero-order valence-corrected chi connectivity index (χ0v) is 11.0. The first-order chi connectivity index (χ1) is 9.10. The standard InChI is InChI=1S/C12H17NO6/c1-16-9(14)8-7-18-11-5-3-4-6-12(11,17-2)19-10(15)13(8)11/h8H,3-7H2,1-2H3/t8-,11-,12-/m0/s1. The summed E-state index contributed by atoms with van der Waals surface area (Å²) in [7, 11) is 2.79. The molecule has 2 aliphatic heterocycles. The van der Waals surface area contributed by atoms with Gasteiger partial charge in [-0.25, -0.2) is 9.59 Å². The van der Waals surface area contributed by atoms with Crippen LogP contribution >= 0.6 is 0 Å². The van der Waals surface area contributed by atoms with E-state index in [2.05, 4.69) is 0 Å². The van der Waals surface area contributed by atoms with Gasteiger partial charge in [0.15, 0.2) is 6.04 Å². The minimum atomic E-state index is -1.11. The number of esters is 1. The second kappa shape index (κ2) is 4.08. The van der Waals surface area contributed by atoms with Gasteiger partial charge in [-0.3, -0.25) is 4.90 Å². The minimum Gasteiger partial charge on any atom is -0.467 e. The molecule has 19 heavy (non-hydrogen) atoms. The first-order valence-electron chi connectivity index (χ1n) is 6.39. The van der Waals surface area contributed by atoms with E-state index in [1.165, 1.54) is 19.1 Å². The Morgan fingerprint density at radius 2 is 2.11 bits per heavy atom. The second-order valence-electron chi connectivity index (χ2n) is 5.04. The minimum absolute atomic E-state index is 0.118. The predicted molar refractivity (Wildman–Crippen MR) is 61.0 cm³/mol. The number of hydrogen-bond acceptors (Lipinski definition) is 6. The van der Waals surface area contributed by atoms with Crippen molar-refractivity contribution in [2.24, 2.45) is 0 Å². The van der Waals surface area contributed by atoms with E-state index in [-0.39, 0.29) is 6.61 Å². The van der Waals surface area contributed by atoms with Gasteiger partial charge in [0.25, 0.3) is 5.79 Å². The van der Waals surface area contributed by atoms with Crippen molar-refractivity contribution in [1.82, 2.24) is 4.90 Å². The Hall–Kier alpha value is -1.34. The third-order valence-corrected chi connectivity index (χ3v) is 4.30. The molecule has 106 valence electrons. The first-order valence-corrected chi connectivity index (χ1v) is 6.39. The van der Waals surface area contributed by atoms with E-state index < -0.39 is 29.6 Å². The van der Waals surface area contributed by atoms with Crippen LogP contribution in [0, 0.1) is 0 Å². The number of amides is 1. The number of carbonyl (C=O) groups is 2. The lowest BCUT2D eigenvalue weighted by Gasteiger charge is -2.43. The molecule has 0 N–H and O–H groups in total. The van der Waals surface area contributed by atoms with Crippen LogP contribution in [0.15, 0.2) is 0 Å². The molecule has 0 radical (unpaired) electrons. The Balaban J connectivity index is 2.02. The Kier molecular flexibility index (Phi) is 2.72. The van der Waals surface area contributed by atoms with E-state index in [0.717, 1.165) is 12.8 Å². The summed E-state index contributed by atoms with van der Waals surface area (Å²) in [4.78, 5) is 25.3. The highest BCUT2D eigenvalue weighted by Gasteiger charge is 2.73. The number of carbonyl (C=O) groups excluding carboxylic acids is 2. The maximum absolute atomic E-state index is 12.1. The van der Waals surface area contributed by atoms with Crippen LogP contribution in [0.5, 0.6) is 0 Å². The van der Waals surface area contributed by atoms with Crippen LogP contribution in [0.25, 0.3) is 0 Å². The van der Waals surface area contributed by atoms with Crippen molar-refractivity contribution < 1.29 is 28.5 Å². The summed E-state index contributed by atoms with van der Waals surface area (Å²) in [6, 6.07) is -0.757. The molecule has 0 unspecified atom stereocenters. The summed E-state index contributed by atoms with van der Waals surface area (Å²) in [5.41, 5.74) is -0.990. The molecule has 3 atom stereocenters. The molecule has 3 fully saturated rings. The number of methoxy groups -OCH3 is 2. The van der Waals surface area contributed by atoms with Crippen molar-refractivity contribution >= 4 is 12.1 Å². The maximum atomic E-state index is 12.1. The lowest BCUT2D eigenvalue weighted by Crippen LogP contribution is -2.60. The Morgan fingerprint density at radius 1 is 1.37 bits per heavy atom. The molecule has 0 aromatic heterocycles. The molecule has 1 amide bonds. The molecule has 1 aliphatic carbocycles. The van der Waals surface area contributed by atoms with Crippen molar-refractivity contribution in [3.63, 3.8) is 0 Å². The van der Waals surface area contributed by atoms with Gasteiger partial charge >= 0.3 is 12.1 Å². The van der Waals surface area contributed by atoms with Gasteiger partial charge in [0.2, 0.25) is 5.72 Å². The van der Waals surface area contributed by atoms with E-state index in [9.17, 15) is 9.59 Å². The summed E-state index contributed by atoms with van der Waals surface area (Å²) in [6.45, 7) is 0.118. The first kappa shape index (κ1) is 12.7. The number of hydrogen-bond donors (Lipinski definition) is 0. The molecule has 0 aromatic carbocycles. The molecule has 0 aromatic rings. The fourth-order valence-electron chi connectivity index (χ4n) is 3.42. The Bertz CT molecular complexity index is 426. The Labute approximate surface area is 110 Å². The van der Waals surface area contributed by atoms with Crippen LogP contribution in [0.1, 0.15) is 25.7 Å². The quantitative estimate of drug-likeness (QED) is 0.685. The summed E-state index contributed by atoms with van der Waals surface area (Å²) in [5.74, 6) is -1.60. The molecule has 3 rings (SSSR count). The number of ether oxygens (including phenoxy) is 4. The fourth-order valence-corrected chi connectivity index (χ4v) is 3.42. The fraction of sp³-hybridized carbons (Fsp3) is 0.833. The average Bonchev–Trinajstić information content (AvgIpc) is 2.91. The van der Waals surface area contributed by atoms with Gasteiger partial charge in [0, 0.05) is 20.0 Å². The van der Waals surface area contributed by atoms with Crippen LogP contribution in [-0.2, 0) is 23.7 Å². The van der Waals surface area contributed by atoms with Crippen molar-refractivity contribution in [1.29, 1.82) is 0 Å². The molecule has 2 saturated heterocycles. The maximum Gasteiger partial charge on any atom is 0.415 e. The largest absolute Gasteiger partial charge is 0.467 e. The molecule has 2 heterocycles. The van der Waals surface area contributed by atoms with E-state index in [4.69, 9.17) is 18.9 Å². The highest BCUT2D eigenvalue weighted by molar-refractivity contribution is 5.84. The van der Waals surface area contributed by atoms with E-state index in [1.807, 2.05) is 0 Å². The summed E-state index contributed by atoms with van der Waals surface area (Å²) in [6.07, 6.45) is 2.38. The van der Waals surface area contributed by atoms with E-state index in [1.54, 1.807) is 0 Å². The van der Waals surface area contributed by atoms with Crippen LogP contribution in [0.2, 0.25) is 0 Å². The van der Waals surface area contributed by atoms with E-state index >= 15 is 0 Å². The van der Waals surface area contributed by atoms with Gasteiger partial charge in [0.1, 0.15) is 0 Å². The molecule has 1 spiro atoms. The van der Waals surface area contributed by atoms with Crippen LogP contribution in [-0.4, -0.2) is 55.3 Å². The predicted octanol–water partition coefficient (Wildman–Crippen LogP) is 0.623. The van der Waals surface area contributed by atoms with Crippen molar-refractivity contribution in [3.05, 3.63) is 0 Å². The lowest BCUT2D eigenvalue weighted by molar-refractivity contribution is -0.292. The monoisotopic (exact) mass is 271 g/mol. The normalized spacial score (nSPS) is 40.6. The third kappa shape index (κ3) is 1.40. The van der Waals surface area contributed by atoms with Crippen molar-refractivity contribution in [2.75, 3.05) is 20.8 Å². The molecular weight excluding hydrogens is 254 g/mol. The summed E-state index contributed by atoms with van der Waals surface area (Å²) >= 11 is 0. The van der Waals surface area contributed by atoms with Crippen molar-refractivity contribution in [2.45, 2.75) is 43.2 Å². The summed E-state index contributed by atoms with van der Waals surface area (Å²) in [5, 5.41) is 0. The van der Waals surface area contributed by atoms with Gasteiger partial charge in [-0.1, -0.05) is 0 Å². The number of nitrogens with zero attached hydrogens (tertiary/aromatic N) is 1. The summed E-state index contributed by atoms with van der Waals surface area (Å²) < 4.78 is 21.4. The molecule has 1 saturated carbocycles. The highest BCUT2D eigenvalue weighted by atomic mass is 16.8. The van der Waals surface area contributed by atoms with Crippen LogP contribution in [0.4, 0.5) is 4.79 Å². The van der Waals surface area contributed by atoms with Gasteiger partial charge in [0.05, 0.1) is 13.7 Å². The molecule has 7 nitrogen and oxygen atoms in total. The highest BCUT2D eigenvalue weighted by Crippen LogP contribution is 2.53. The van der Waals surface area contributed by atoms with E-state index in [0.29, 0.717) is 12.8 Å². The number of rotatable bonds is 2. The lowest BCUT2D eigenvalue weighted by atomic mass is 9.85. The van der Waals surface area contributed by atoms with Gasteiger partial charge < -0.3 is 18.9 Å². The topological polar surface area (TPSA) is 74.3 Å². The second-order valence-corrected chi connectivity index (χ2v) is 5.04. The smallest absolute Gasteiger partial charge is 0.415 e. The Morgan fingerprint density at radius 3 is 2.79 bits per heavy atom. The molecular formula is C12H17NO6. The molecule has 3 aliphatic rings. The van der Waals surface area contributed by atoms with Crippen molar-refractivity contribution in [3.8, 4) is 0 Å². The average molecular weight is 271 g/mol. The molecule has 0 bridgehead atoms. The van der Waals surface area contributed by atoms with Gasteiger partial charge in [-0.15, -0.1) is 0 Å². The third-order valence-electron chi connectivity index (χ3n) is 4.30. The van der Waals surface area contributed by atoms with Crippen LogP contribution < -0.4 is 0 Å². The van der Waals surface area contributed by atoms with Crippen LogP contribution in [0.3, 0.4) is 0 Å². The SMILES string of the molecule is COC(=O)[C@@H]1CO[C@@]23CCCC[C@]2(OC)OC(=O)N13. The van der Waals surface area contributed by atoms with Gasteiger partial charge in [-0.05, 0) is 12.8 Å². The zero-order chi connectivity index (χ0) is 13.7.